The average molecular weight is 150 g/mol. The first-order valence-corrected chi connectivity index (χ1v) is 4.28. The molecule has 0 saturated carbocycles. The third-order valence-electron chi connectivity index (χ3n) is 1.48. The predicted molar refractivity (Wildman–Crippen MR) is 52.6 cm³/mol. The molecule has 0 atom stereocenters. The quantitative estimate of drug-likeness (QED) is 0.382. The number of hydrogen-bond donors (Lipinski definition) is 0. The summed E-state index contributed by atoms with van der Waals surface area (Å²) in [5, 5.41) is 0. The summed E-state index contributed by atoms with van der Waals surface area (Å²) in [4.78, 5) is 0. The Bertz CT molecular complexity index is 120. The van der Waals surface area contributed by atoms with E-state index in [1.54, 1.807) is 0 Å². The van der Waals surface area contributed by atoms with Crippen molar-refractivity contribution in [2.75, 3.05) is 0 Å². The molecule has 0 nitrogen and oxygen atoms in total. The van der Waals surface area contributed by atoms with E-state index in [0.29, 0.717) is 0 Å². The molecule has 0 heterocycles. The number of rotatable bonds is 7. The van der Waals surface area contributed by atoms with E-state index in [0.717, 1.165) is 19.3 Å². The van der Waals surface area contributed by atoms with Crippen LogP contribution in [0.1, 0.15) is 32.1 Å². The van der Waals surface area contributed by atoms with Crippen LogP contribution in [-0.4, -0.2) is 0 Å². The fraction of sp³-hybridized carbons (Fsp3) is 0.455. The summed E-state index contributed by atoms with van der Waals surface area (Å²) < 4.78 is 0. The third kappa shape index (κ3) is 9.22. The van der Waals surface area contributed by atoms with Crippen LogP contribution in [0, 0.1) is 0 Å². The van der Waals surface area contributed by atoms with E-state index in [9.17, 15) is 0 Å². The van der Waals surface area contributed by atoms with E-state index in [1.165, 1.54) is 12.8 Å². The van der Waals surface area contributed by atoms with Crippen molar-refractivity contribution in [2.24, 2.45) is 0 Å². The average Bonchev–Trinajstić information content (AvgIpc) is 2.03. The Balaban J connectivity index is 3.02. The van der Waals surface area contributed by atoms with Crippen LogP contribution in [-0.2, 0) is 0 Å². The summed E-state index contributed by atoms with van der Waals surface area (Å²) >= 11 is 0. The van der Waals surface area contributed by atoms with Gasteiger partial charge in [-0.15, -0.1) is 13.2 Å². The summed E-state index contributed by atoms with van der Waals surface area (Å²) in [6.07, 6.45) is 14.2. The van der Waals surface area contributed by atoms with Crippen molar-refractivity contribution in [3.8, 4) is 0 Å². The molecular formula is C11H18. The second-order valence-electron chi connectivity index (χ2n) is 2.56. The van der Waals surface area contributed by atoms with Crippen molar-refractivity contribution >= 4 is 0 Å². The Morgan fingerprint density at radius 2 is 1.36 bits per heavy atom. The maximum absolute atomic E-state index is 3.67. The molecule has 0 aliphatic heterocycles. The van der Waals surface area contributed by atoms with Gasteiger partial charge in [0.05, 0.1) is 0 Å². The van der Waals surface area contributed by atoms with Gasteiger partial charge in [0, 0.05) is 0 Å². The molecule has 0 bridgehead atoms. The molecule has 0 aromatic carbocycles. The molecule has 0 unspecified atom stereocenters. The Kier molecular flexibility index (Phi) is 8.57. The molecule has 0 saturated heterocycles. The molecule has 0 radical (unpaired) electrons. The molecule has 11 heavy (non-hydrogen) atoms. The van der Waals surface area contributed by atoms with Gasteiger partial charge in [0.2, 0.25) is 0 Å². The summed E-state index contributed by atoms with van der Waals surface area (Å²) in [5.74, 6) is 0. The second kappa shape index (κ2) is 9.22. The summed E-state index contributed by atoms with van der Waals surface area (Å²) in [7, 11) is 0. The highest BCUT2D eigenvalue weighted by Crippen LogP contribution is 1.98. The molecule has 0 aromatic rings. The molecule has 0 amide bonds. The van der Waals surface area contributed by atoms with E-state index in [2.05, 4.69) is 25.3 Å². The molecule has 0 heteroatoms. The molecule has 0 aliphatic rings. The topological polar surface area (TPSA) is 0 Å². The lowest BCUT2D eigenvalue weighted by atomic mass is 10.2. The normalized spacial score (nSPS) is 10.2. The van der Waals surface area contributed by atoms with Crippen molar-refractivity contribution < 1.29 is 0 Å². The molecule has 62 valence electrons. The van der Waals surface area contributed by atoms with Gasteiger partial charge in [0.15, 0.2) is 0 Å². The first kappa shape index (κ1) is 10.2. The minimum atomic E-state index is 1.10. The Hall–Kier alpha value is -0.780. The van der Waals surface area contributed by atoms with Crippen LogP contribution in [0.4, 0.5) is 0 Å². The zero-order valence-electron chi connectivity index (χ0n) is 7.26. The largest absolute Gasteiger partial charge is 0.103 e. The van der Waals surface area contributed by atoms with Gasteiger partial charge in [-0.3, -0.25) is 0 Å². The lowest BCUT2D eigenvalue weighted by Gasteiger charge is -1.88. The van der Waals surface area contributed by atoms with Gasteiger partial charge in [-0.25, -0.2) is 0 Å². The summed E-state index contributed by atoms with van der Waals surface area (Å²) in [5.41, 5.74) is 0. The highest BCUT2D eigenvalue weighted by molar-refractivity contribution is 4.84. The maximum Gasteiger partial charge on any atom is -0.0316 e. The standard InChI is InChI=1S/C11H18/c1-3-5-7-9-11-10-8-6-4-2/h3-4,9,11H,1-2,5-8,10H2. The van der Waals surface area contributed by atoms with Gasteiger partial charge >= 0.3 is 0 Å². The van der Waals surface area contributed by atoms with Gasteiger partial charge < -0.3 is 0 Å². The number of hydrogen-bond acceptors (Lipinski definition) is 0. The summed E-state index contributed by atoms with van der Waals surface area (Å²) in [6.45, 7) is 7.33. The van der Waals surface area contributed by atoms with Crippen LogP contribution < -0.4 is 0 Å². The molecule has 0 fully saturated rings. The highest BCUT2D eigenvalue weighted by atomic mass is 13.8. The van der Waals surface area contributed by atoms with Crippen molar-refractivity contribution in [1.82, 2.24) is 0 Å². The van der Waals surface area contributed by atoms with Crippen molar-refractivity contribution in [2.45, 2.75) is 32.1 Å². The smallest absolute Gasteiger partial charge is 0.0316 e. The van der Waals surface area contributed by atoms with E-state index >= 15 is 0 Å². The van der Waals surface area contributed by atoms with Crippen LogP contribution in [0.15, 0.2) is 37.5 Å². The van der Waals surface area contributed by atoms with E-state index < -0.39 is 0 Å². The fourth-order valence-electron chi connectivity index (χ4n) is 0.830. The van der Waals surface area contributed by atoms with Crippen LogP contribution in [0.3, 0.4) is 0 Å². The van der Waals surface area contributed by atoms with E-state index in [4.69, 9.17) is 0 Å². The molecule has 0 rings (SSSR count). The Morgan fingerprint density at radius 3 is 2.00 bits per heavy atom. The molecule has 0 N–H and O–H groups in total. The predicted octanol–water partition coefficient (Wildman–Crippen LogP) is 3.87. The van der Waals surface area contributed by atoms with Crippen LogP contribution in [0.25, 0.3) is 0 Å². The first-order chi connectivity index (χ1) is 5.41. The van der Waals surface area contributed by atoms with Gasteiger partial charge in [-0.1, -0.05) is 24.3 Å². The molecule has 0 aromatic heterocycles. The maximum atomic E-state index is 3.67. The number of unbranched alkanes of at least 4 members (excludes halogenated alkanes) is 3. The van der Waals surface area contributed by atoms with Gasteiger partial charge in [0.1, 0.15) is 0 Å². The minimum absolute atomic E-state index is 1.10. The van der Waals surface area contributed by atoms with Crippen LogP contribution in [0.2, 0.25) is 0 Å². The highest BCUT2D eigenvalue weighted by Gasteiger charge is 1.78. The summed E-state index contributed by atoms with van der Waals surface area (Å²) in [6, 6.07) is 0. The van der Waals surface area contributed by atoms with Crippen LogP contribution >= 0.6 is 0 Å². The van der Waals surface area contributed by atoms with Crippen molar-refractivity contribution in [1.29, 1.82) is 0 Å². The van der Waals surface area contributed by atoms with Crippen molar-refractivity contribution in [3.05, 3.63) is 37.5 Å². The Labute approximate surface area is 70.3 Å². The van der Waals surface area contributed by atoms with Gasteiger partial charge in [-0.2, -0.15) is 0 Å². The van der Waals surface area contributed by atoms with E-state index in [1.807, 2.05) is 12.2 Å². The zero-order valence-corrected chi connectivity index (χ0v) is 7.26. The van der Waals surface area contributed by atoms with Crippen LogP contribution in [0.5, 0.6) is 0 Å². The van der Waals surface area contributed by atoms with Gasteiger partial charge in [-0.05, 0) is 32.1 Å². The monoisotopic (exact) mass is 150 g/mol. The third-order valence-corrected chi connectivity index (χ3v) is 1.48. The lowest BCUT2D eigenvalue weighted by molar-refractivity contribution is 0.864. The van der Waals surface area contributed by atoms with Gasteiger partial charge in [0.25, 0.3) is 0 Å². The lowest BCUT2D eigenvalue weighted by Crippen LogP contribution is -1.68. The minimum Gasteiger partial charge on any atom is -0.103 e. The SMILES string of the molecule is C=CCCC=CCCCC=C. The van der Waals surface area contributed by atoms with E-state index in [-0.39, 0.29) is 0 Å². The second-order valence-corrected chi connectivity index (χ2v) is 2.56. The number of allylic oxidation sites excluding steroid dienone is 4. The molecular weight excluding hydrogens is 132 g/mol. The fourth-order valence-corrected chi connectivity index (χ4v) is 0.830. The first-order valence-electron chi connectivity index (χ1n) is 4.28. The zero-order chi connectivity index (χ0) is 8.36. The molecule has 0 aliphatic carbocycles. The Morgan fingerprint density at radius 1 is 0.727 bits per heavy atom. The van der Waals surface area contributed by atoms with Crippen molar-refractivity contribution in [3.63, 3.8) is 0 Å². The molecule has 0 spiro atoms.